The number of fused-ring (bicyclic) bond motifs is 1. The van der Waals surface area contributed by atoms with Gasteiger partial charge in [-0.1, -0.05) is 18.2 Å². The molecule has 45 heavy (non-hydrogen) atoms. The van der Waals surface area contributed by atoms with E-state index in [1.54, 1.807) is 38.4 Å². The van der Waals surface area contributed by atoms with Gasteiger partial charge in [0.1, 0.15) is 5.75 Å². The molecule has 11 heteroatoms. The lowest BCUT2D eigenvalue weighted by molar-refractivity contribution is -0.140. The Hall–Kier alpha value is -4.64. The van der Waals surface area contributed by atoms with Crippen LogP contribution in [-0.2, 0) is 16.1 Å². The Kier molecular flexibility index (Phi) is 8.88. The van der Waals surface area contributed by atoms with Crippen molar-refractivity contribution in [3.63, 3.8) is 0 Å². The lowest BCUT2D eigenvalue weighted by Gasteiger charge is -2.44. The number of carbonyl (C=O) groups excluding carboxylic acids is 2. The molecule has 3 aliphatic rings. The summed E-state index contributed by atoms with van der Waals surface area (Å²) in [6, 6.07) is 16.6. The van der Waals surface area contributed by atoms with Gasteiger partial charge in [-0.3, -0.25) is 14.5 Å². The molecule has 0 unspecified atom stereocenters. The first-order valence-corrected chi connectivity index (χ1v) is 15.1. The topological polar surface area (TPSA) is 99.2 Å². The van der Waals surface area contributed by atoms with Crippen LogP contribution in [0.25, 0.3) is 0 Å². The van der Waals surface area contributed by atoms with E-state index in [0.29, 0.717) is 48.2 Å². The fourth-order valence-corrected chi connectivity index (χ4v) is 6.50. The van der Waals surface area contributed by atoms with Crippen molar-refractivity contribution >= 4 is 17.5 Å². The number of benzene rings is 3. The summed E-state index contributed by atoms with van der Waals surface area (Å²) in [5.74, 6) is 3.05. The van der Waals surface area contributed by atoms with E-state index in [1.807, 2.05) is 41.3 Å². The van der Waals surface area contributed by atoms with E-state index in [4.69, 9.17) is 28.4 Å². The van der Waals surface area contributed by atoms with E-state index in [9.17, 15) is 9.59 Å². The second kappa shape index (κ2) is 13.2. The van der Waals surface area contributed by atoms with Crippen LogP contribution in [0, 0.1) is 5.92 Å². The summed E-state index contributed by atoms with van der Waals surface area (Å²) in [5.41, 5.74) is 2.56. The van der Waals surface area contributed by atoms with Gasteiger partial charge in [-0.15, -0.1) is 0 Å². The molecule has 2 atom stereocenters. The summed E-state index contributed by atoms with van der Waals surface area (Å²) in [5, 5.41) is 0. The highest BCUT2D eigenvalue weighted by Gasteiger charge is 2.44. The van der Waals surface area contributed by atoms with Gasteiger partial charge in [0.2, 0.25) is 24.4 Å². The second-order valence-corrected chi connectivity index (χ2v) is 11.3. The molecule has 238 valence electrons. The van der Waals surface area contributed by atoms with E-state index in [1.165, 1.54) is 7.11 Å². The van der Waals surface area contributed by atoms with Crippen molar-refractivity contribution in [3.8, 4) is 34.5 Å². The average Bonchev–Trinajstić information content (AvgIpc) is 3.55. The van der Waals surface area contributed by atoms with Crippen molar-refractivity contribution in [1.82, 2.24) is 9.80 Å². The Morgan fingerprint density at radius 3 is 2.16 bits per heavy atom. The number of piperidine rings is 1. The van der Waals surface area contributed by atoms with Crippen LogP contribution in [0.5, 0.6) is 34.5 Å². The smallest absolute Gasteiger partial charge is 0.231 e. The van der Waals surface area contributed by atoms with Gasteiger partial charge in [0.15, 0.2) is 23.0 Å². The minimum absolute atomic E-state index is 0.0449. The number of ether oxygens (including phenoxy) is 6. The van der Waals surface area contributed by atoms with Gasteiger partial charge in [0.25, 0.3) is 0 Å². The van der Waals surface area contributed by atoms with Gasteiger partial charge in [0, 0.05) is 51.3 Å². The number of anilines is 1. The molecule has 0 aliphatic carbocycles. The standard InChI is InChI=1S/C34H39N3O8/c1-40-25-8-6-23(7-9-25)32-26(10-12-31(38)37(32)24-18-29(41-2)33(43-4)30(19-24)42-3)34(39)36-15-13-35(14-16-36)20-22-5-11-27-28(17-22)45-21-44-27/h5-9,11,17-19,26,32H,10,12-16,20-21H2,1-4H3/t26-,32+/m0/s1. The number of hydrogen-bond acceptors (Lipinski definition) is 9. The van der Waals surface area contributed by atoms with Crippen LogP contribution in [0.15, 0.2) is 54.6 Å². The van der Waals surface area contributed by atoms with Gasteiger partial charge >= 0.3 is 0 Å². The van der Waals surface area contributed by atoms with E-state index in [2.05, 4.69) is 11.0 Å². The van der Waals surface area contributed by atoms with Crippen molar-refractivity contribution < 1.29 is 38.0 Å². The third kappa shape index (κ3) is 6.04. The maximum Gasteiger partial charge on any atom is 0.231 e. The lowest BCUT2D eigenvalue weighted by atomic mass is 9.82. The van der Waals surface area contributed by atoms with Crippen LogP contribution in [0.3, 0.4) is 0 Å². The van der Waals surface area contributed by atoms with Crippen LogP contribution in [0.2, 0.25) is 0 Å². The van der Waals surface area contributed by atoms with Gasteiger partial charge in [-0.25, -0.2) is 0 Å². The van der Waals surface area contributed by atoms with Crippen LogP contribution in [0.1, 0.15) is 30.0 Å². The van der Waals surface area contributed by atoms with Crippen molar-refractivity contribution in [2.75, 3.05) is 66.3 Å². The number of nitrogens with zero attached hydrogens (tertiary/aromatic N) is 3. The average molecular weight is 618 g/mol. The number of rotatable bonds is 9. The molecule has 6 rings (SSSR count). The fraction of sp³-hybridized carbons (Fsp3) is 0.412. The molecule has 0 spiro atoms. The Labute approximate surface area is 263 Å². The van der Waals surface area contributed by atoms with Crippen LogP contribution in [0.4, 0.5) is 5.69 Å². The molecule has 3 aromatic rings. The third-order valence-electron chi connectivity index (χ3n) is 8.83. The van der Waals surface area contributed by atoms with Crippen LogP contribution >= 0.6 is 0 Å². The summed E-state index contributed by atoms with van der Waals surface area (Å²) >= 11 is 0. The monoisotopic (exact) mass is 617 g/mol. The highest BCUT2D eigenvalue weighted by Crippen LogP contribution is 2.47. The zero-order chi connectivity index (χ0) is 31.5. The zero-order valence-corrected chi connectivity index (χ0v) is 26.1. The number of methoxy groups -OCH3 is 4. The summed E-state index contributed by atoms with van der Waals surface area (Å²) in [6.45, 7) is 3.72. The highest BCUT2D eigenvalue weighted by molar-refractivity contribution is 5.98. The van der Waals surface area contributed by atoms with Crippen molar-refractivity contribution in [1.29, 1.82) is 0 Å². The molecule has 3 aromatic carbocycles. The molecule has 2 amide bonds. The molecule has 0 N–H and O–H groups in total. The quantitative estimate of drug-likeness (QED) is 0.349. The van der Waals surface area contributed by atoms with Crippen molar-refractivity contribution in [2.24, 2.45) is 5.92 Å². The normalized spacial score (nSPS) is 19.8. The number of carbonyl (C=O) groups is 2. The molecule has 3 aliphatic heterocycles. The van der Waals surface area contributed by atoms with Gasteiger partial charge in [-0.2, -0.15) is 0 Å². The van der Waals surface area contributed by atoms with Crippen LogP contribution in [-0.4, -0.2) is 83.0 Å². The summed E-state index contributed by atoms with van der Waals surface area (Å²) in [4.78, 5) is 34.1. The minimum atomic E-state index is -0.542. The van der Waals surface area contributed by atoms with Gasteiger partial charge in [0.05, 0.1) is 46.1 Å². The van der Waals surface area contributed by atoms with Crippen molar-refractivity contribution in [2.45, 2.75) is 25.4 Å². The predicted molar refractivity (Wildman–Crippen MR) is 166 cm³/mol. The Morgan fingerprint density at radius 2 is 1.51 bits per heavy atom. The first kappa shape index (κ1) is 30.4. The first-order chi connectivity index (χ1) is 21.9. The van der Waals surface area contributed by atoms with E-state index < -0.39 is 12.0 Å². The van der Waals surface area contributed by atoms with Gasteiger partial charge < -0.3 is 38.2 Å². The maximum atomic E-state index is 14.3. The molecule has 11 nitrogen and oxygen atoms in total. The molecule has 0 aromatic heterocycles. The van der Waals surface area contributed by atoms with E-state index in [-0.39, 0.29) is 25.0 Å². The minimum Gasteiger partial charge on any atom is -0.497 e. The molecule has 0 saturated carbocycles. The number of hydrogen-bond donors (Lipinski definition) is 0. The Bertz CT molecular complexity index is 1510. The number of piperazine rings is 1. The molecule has 0 radical (unpaired) electrons. The van der Waals surface area contributed by atoms with E-state index in [0.717, 1.165) is 42.3 Å². The molecule has 3 heterocycles. The molecule has 0 bridgehead atoms. The fourth-order valence-electron chi connectivity index (χ4n) is 6.50. The number of amides is 2. The zero-order valence-electron chi connectivity index (χ0n) is 26.1. The van der Waals surface area contributed by atoms with E-state index >= 15 is 0 Å². The summed E-state index contributed by atoms with van der Waals surface area (Å²) < 4.78 is 33.1. The Balaban J connectivity index is 1.26. The summed E-state index contributed by atoms with van der Waals surface area (Å²) in [7, 11) is 6.23. The molecule has 2 saturated heterocycles. The molecular formula is C34H39N3O8. The Morgan fingerprint density at radius 1 is 0.822 bits per heavy atom. The second-order valence-electron chi connectivity index (χ2n) is 11.3. The highest BCUT2D eigenvalue weighted by atomic mass is 16.7. The van der Waals surface area contributed by atoms with Crippen molar-refractivity contribution in [3.05, 3.63) is 65.7 Å². The summed E-state index contributed by atoms with van der Waals surface area (Å²) in [6.07, 6.45) is 0.691. The predicted octanol–water partition coefficient (Wildman–Crippen LogP) is 4.28. The third-order valence-corrected chi connectivity index (χ3v) is 8.83. The first-order valence-electron chi connectivity index (χ1n) is 15.1. The molecular weight excluding hydrogens is 578 g/mol. The van der Waals surface area contributed by atoms with Crippen LogP contribution < -0.4 is 33.3 Å². The largest absolute Gasteiger partial charge is 0.497 e. The lowest BCUT2D eigenvalue weighted by Crippen LogP contribution is -2.54. The SMILES string of the molecule is COc1ccc([C@@H]2[C@@H](C(=O)N3CCN(Cc4ccc5c(c4)OCO5)CC3)CCC(=O)N2c2cc(OC)c(OC)c(OC)c2)cc1. The maximum absolute atomic E-state index is 14.3. The molecule has 2 fully saturated rings. The van der Waals surface area contributed by atoms with Gasteiger partial charge in [-0.05, 0) is 41.8 Å².